The van der Waals surface area contributed by atoms with Crippen LogP contribution in [0.5, 0.6) is 5.75 Å². The van der Waals surface area contributed by atoms with Crippen LogP contribution in [-0.4, -0.2) is 50.5 Å². The third-order valence-electron chi connectivity index (χ3n) is 3.20. The first kappa shape index (κ1) is 12.6. The summed E-state index contributed by atoms with van der Waals surface area (Å²) in [6.45, 7) is 5.40. The maximum Gasteiger partial charge on any atom is 0.120 e. The predicted octanol–water partition coefficient (Wildman–Crippen LogP) is 2.01. The molecule has 0 unspecified atom stereocenters. The largest absolute Gasteiger partial charge is 0.497 e. The minimum Gasteiger partial charge on any atom is -0.497 e. The first-order valence-corrected chi connectivity index (χ1v) is 6.60. The van der Waals surface area contributed by atoms with Gasteiger partial charge in [-0.05, 0) is 12.1 Å². The molecule has 0 amide bonds. The molecule has 1 saturated heterocycles. The molecule has 0 atom stereocenters. The Morgan fingerprint density at radius 1 is 1.24 bits per heavy atom. The number of hydrogen-bond donors (Lipinski definition) is 0. The lowest BCUT2D eigenvalue weighted by molar-refractivity contribution is 0.273. The second-order valence-electron chi connectivity index (χ2n) is 4.23. The highest BCUT2D eigenvalue weighted by atomic mass is 32.1. The third kappa shape index (κ3) is 3.30. The van der Waals surface area contributed by atoms with Crippen LogP contribution in [0.2, 0.25) is 0 Å². The SMILES string of the molecule is COc1cccc(N2CCN(CC[S])CC2)c1. The zero-order valence-electron chi connectivity index (χ0n) is 10.3. The van der Waals surface area contributed by atoms with Gasteiger partial charge in [0.2, 0.25) is 0 Å². The fourth-order valence-electron chi connectivity index (χ4n) is 2.17. The van der Waals surface area contributed by atoms with Crippen molar-refractivity contribution in [2.24, 2.45) is 0 Å². The molecular formula is C13H19N2OS. The molecule has 2 rings (SSSR count). The van der Waals surface area contributed by atoms with E-state index in [2.05, 4.69) is 21.9 Å². The second-order valence-corrected chi connectivity index (χ2v) is 4.64. The quantitative estimate of drug-likeness (QED) is 0.814. The first-order valence-electron chi connectivity index (χ1n) is 6.03. The Hall–Kier alpha value is -0.870. The van der Waals surface area contributed by atoms with Crippen LogP contribution in [0.1, 0.15) is 0 Å². The highest BCUT2D eigenvalue weighted by molar-refractivity contribution is 7.80. The predicted molar refractivity (Wildman–Crippen MR) is 74.1 cm³/mol. The van der Waals surface area contributed by atoms with Gasteiger partial charge in [0.15, 0.2) is 0 Å². The van der Waals surface area contributed by atoms with Gasteiger partial charge in [-0.15, -0.1) is 0 Å². The van der Waals surface area contributed by atoms with Crippen molar-refractivity contribution in [2.75, 3.05) is 50.5 Å². The molecule has 3 nitrogen and oxygen atoms in total. The van der Waals surface area contributed by atoms with Crippen LogP contribution in [0.4, 0.5) is 5.69 Å². The van der Waals surface area contributed by atoms with Crippen LogP contribution in [0.3, 0.4) is 0 Å². The smallest absolute Gasteiger partial charge is 0.120 e. The maximum absolute atomic E-state index is 5.25. The molecule has 1 radical (unpaired) electrons. The Labute approximate surface area is 109 Å². The van der Waals surface area contributed by atoms with Gasteiger partial charge in [0.05, 0.1) is 7.11 Å². The van der Waals surface area contributed by atoms with Crippen molar-refractivity contribution in [3.8, 4) is 5.75 Å². The topological polar surface area (TPSA) is 15.7 Å². The minimum absolute atomic E-state index is 0.832. The highest BCUT2D eigenvalue weighted by Crippen LogP contribution is 2.21. The van der Waals surface area contributed by atoms with Crippen molar-refractivity contribution in [2.45, 2.75) is 0 Å². The summed E-state index contributed by atoms with van der Waals surface area (Å²) >= 11 is 5.02. The van der Waals surface area contributed by atoms with Gasteiger partial charge >= 0.3 is 0 Å². The van der Waals surface area contributed by atoms with E-state index in [-0.39, 0.29) is 0 Å². The summed E-state index contributed by atoms with van der Waals surface area (Å²) in [6, 6.07) is 8.27. The van der Waals surface area contributed by atoms with Crippen molar-refractivity contribution < 1.29 is 4.74 Å². The molecule has 0 aliphatic carbocycles. The Morgan fingerprint density at radius 3 is 2.65 bits per heavy atom. The van der Waals surface area contributed by atoms with E-state index in [1.165, 1.54) is 5.69 Å². The fraction of sp³-hybridized carbons (Fsp3) is 0.538. The van der Waals surface area contributed by atoms with Crippen LogP contribution in [-0.2, 0) is 0 Å². The van der Waals surface area contributed by atoms with Gasteiger partial charge in [0.25, 0.3) is 0 Å². The number of anilines is 1. The van der Waals surface area contributed by atoms with Gasteiger partial charge in [-0.3, -0.25) is 4.90 Å². The molecular weight excluding hydrogens is 232 g/mol. The lowest BCUT2D eigenvalue weighted by atomic mass is 10.2. The van der Waals surface area contributed by atoms with Crippen LogP contribution in [0.25, 0.3) is 0 Å². The summed E-state index contributed by atoms with van der Waals surface area (Å²) in [5.74, 6) is 1.76. The normalized spacial score (nSPS) is 17.2. The summed E-state index contributed by atoms with van der Waals surface area (Å²) in [6.07, 6.45) is 0. The molecule has 0 saturated carbocycles. The molecule has 0 spiro atoms. The van der Waals surface area contributed by atoms with Crippen molar-refractivity contribution in [1.29, 1.82) is 0 Å². The average Bonchev–Trinajstić information content (AvgIpc) is 2.40. The molecule has 17 heavy (non-hydrogen) atoms. The van der Waals surface area contributed by atoms with Crippen LogP contribution in [0, 0.1) is 0 Å². The Kier molecular flexibility index (Phi) is 4.57. The van der Waals surface area contributed by atoms with Crippen molar-refractivity contribution in [1.82, 2.24) is 4.90 Å². The van der Waals surface area contributed by atoms with Gasteiger partial charge in [-0.2, -0.15) is 0 Å². The second kappa shape index (κ2) is 6.17. The Morgan fingerprint density at radius 2 is 2.00 bits per heavy atom. The van der Waals surface area contributed by atoms with Gasteiger partial charge in [-0.25, -0.2) is 0 Å². The lowest BCUT2D eigenvalue weighted by Gasteiger charge is -2.35. The zero-order chi connectivity index (χ0) is 12.1. The Bertz CT molecular complexity index is 351. The van der Waals surface area contributed by atoms with E-state index in [9.17, 15) is 0 Å². The monoisotopic (exact) mass is 251 g/mol. The minimum atomic E-state index is 0.832. The van der Waals surface area contributed by atoms with Gasteiger partial charge in [0, 0.05) is 50.2 Å². The number of piperazine rings is 1. The standard InChI is InChI=1S/C13H19N2OS/c1-16-13-4-2-3-12(11-13)15-7-5-14(6-8-15)9-10-17/h2-4,11H,5-10H2,1H3. The summed E-state index contributed by atoms with van der Waals surface area (Å²) in [4.78, 5) is 4.84. The summed E-state index contributed by atoms with van der Waals surface area (Å²) in [5, 5.41) is 0. The number of nitrogens with zero attached hydrogens (tertiary/aromatic N) is 2. The van der Waals surface area contributed by atoms with E-state index in [0.717, 1.165) is 44.2 Å². The van der Waals surface area contributed by atoms with E-state index < -0.39 is 0 Å². The lowest BCUT2D eigenvalue weighted by Crippen LogP contribution is -2.46. The third-order valence-corrected chi connectivity index (χ3v) is 3.38. The molecule has 93 valence electrons. The average molecular weight is 251 g/mol. The van der Waals surface area contributed by atoms with E-state index in [4.69, 9.17) is 17.4 Å². The number of methoxy groups -OCH3 is 1. The molecule has 1 fully saturated rings. The van der Waals surface area contributed by atoms with Crippen molar-refractivity contribution in [3.05, 3.63) is 24.3 Å². The summed E-state index contributed by atoms with van der Waals surface area (Å²) < 4.78 is 5.25. The van der Waals surface area contributed by atoms with E-state index >= 15 is 0 Å². The van der Waals surface area contributed by atoms with Crippen LogP contribution >= 0.6 is 12.6 Å². The van der Waals surface area contributed by atoms with Gasteiger partial charge < -0.3 is 9.64 Å². The number of benzene rings is 1. The van der Waals surface area contributed by atoms with E-state index in [1.54, 1.807) is 7.11 Å². The van der Waals surface area contributed by atoms with Gasteiger partial charge in [0.1, 0.15) is 5.75 Å². The van der Waals surface area contributed by atoms with Crippen LogP contribution in [0.15, 0.2) is 24.3 Å². The summed E-state index contributed by atoms with van der Waals surface area (Å²) in [7, 11) is 1.71. The first-order chi connectivity index (χ1) is 8.33. The maximum atomic E-state index is 5.25. The molecule has 1 aromatic rings. The molecule has 4 heteroatoms. The number of rotatable bonds is 4. The number of ether oxygens (including phenoxy) is 1. The van der Waals surface area contributed by atoms with Crippen LogP contribution < -0.4 is 9.64 Å². The molecule has 1 aliphatic rings. The molecule has 0 aromatic heterocycles. The number of hydrogen-bond acceptors (Lipinski definition) is 3. The fourth-order valence-corrected chi connectivity index (χ4v) is 2.42. The highest BCUT2D eigenvalue weighted by Gasteiger charge is 2.16. The van der Waals surface area contributed by atoms with E-state index in [1.807, 2.05) is 12.1 Å². The Balaban J connectivity index is 1.95. The summed E-state index contributed by atoms with van der Waals surface area (Å²) in [5.41, 5.74) is 1.25. The molecule has 0 N–H and O–H groups in total. The molecule has 1 aromatic carbocycles. The molecule has 0 bridgehead atoms. The van der Waals surface area contributed by atoms with Crippen molar-refractivity contribution >= 4 is 18.3 Å². The van der Waals surface area contributed by atoms with Crippen molar-refractivity contribution in [3.63, 3.8) is 0 Å². The van der Waals surface area contributed by atoms with Gasteiger partial charge in [-0.1, -0.05) is 18.7 Å². The molecule has 1 aliphatic heterocycles. The zero-order valence-corrected chi connectivity index (χ0v) is 11.1. The molecule has 1 heterocycles. The van der Waals surface area contributed by atoms with E-state index in [0.29, 0.717) is 0 Å².